The van der Waals surface area contributed by atoms with Crippen LogP contribution in [0.2, 0.25) is 0 Å². The number of benzene rings is 2. The lowest BCUT2D eigenvalue weighted by molar-refractivity contribution is -0.114. The molecule has 2 aromatic carbocycles. The number of nitriles is 1. The van der Waals surface area contributed by atoms with Crippen LogP contribution in [-0.2, 0) is 14.8 Å². The minimum atomic E-state index is -3.56. The Morgan fingerprint density at radius 3 is 2.54 bits per heavy atom. The number of nitrogens with zero attached hydrogens (tertiary/aromatic N) is 2. The van der Waals surface area contributed by atoms with Gasteiger partial charge < -0.3 is 10.6 Å². The summed E-state index contributed by atoms with van der Waals surface area (Å²) in [7, 11) is -0.623. The fraction of sp³-hybridized carbons (Fsp3) is 0.222. The molecule has 26 heavy (non-hydrogen) atoms. The largest absolute Gasteiger partial charge is 0.376 e. The number of carbonyl (C=O) groups is 1. The first-order valence-electron chi connectivity index (χ1n) is 7.81. The smallest absolute Gasteiger partial charge is 0.243 e. The molecule has 1 amide bonds. The van der Waals surface area contributed by atoms with Crippen LogP contribution in [0, 0.1) is 18.3 Å². The summed E-state index contributed by atoms with van der Waals surface area (Å²) in [5.41, 5.74) is 2.13. The summed E-state index contributed by atoms with van der Waals surface area (Å²) >= 11 is 0. The number of hydrogen-bond acceptors (Lipinski definition) is 5. The molecule has 2 rings (SSSR count). The predicted molar refractivity (Wildman–Crippen MR) is 100 cm³/mol. The van der Waals surface area contributed by atoms with Gasteiger partial charge in [0.1, 0.15) is 0 Å². The second-order valence-electron chi connectivity index (χ2n) is 5.86. The van der Waals surface area contributed by atoms with Crippen LogP contribution >= 0.6 is 0 Å². The fourth-order valence-electron chi connectivity index (χ4n) is 2.24. The van der Waals surface area contributed by atoms with Gasteiger partial charge in [-0.1, -0.05) is 12.1 Å². The number of nitrogens with one attached hydrogen (secondary N) is 2. The van der Waals surface area contributed by atoms with Crippen molar-refractivity contribution in [3.63, 3.8) is 0 Å². The third kappa shape index (κ3) is 4.59. The third-order valence-electron chi connectivity index (χ3n) is 3.68. The van der Waals surface area contributed by atoms with Gasteiger partial charge in [-0.05, 0) is 42.8 Å². The number of anilines is 2. The first kappa shape index (κ1) is 19.4. The third-order valence-corrected chi connectivity index (χ3v) is 5.63. The van der Waals surface area contributed by atoms with Gasteiger partial charge in [0.15, 0.2) is 0 Å². The van der Waals surface area contributed by atoms with Gasteiger partial charge in [-0.2, -0.15) is 5.26 Å². The van der Waals surface area contributed by atoms with Crippen LogP contribution in [0.1, 0.15) is 11.1 Å². The Bertz CT molecular complexity index is 963. The quantitative estimate of drug-likeness (QED) is 0.809. The van der Waals surface area contributed by atoms with Crippen molar-refractivity contribution in [2.75, 3.05) is 31.3 Å². The first-order chi connectivity index (χ1) is 12.2. The molecule has 0 fully saturated rings. The number of carbonyl (C=O) groups excluding carboxylic acids is 1. The maximum Gasteiger partial charge on any atom is 0.243 e. The molecule has 7 nitrogen and oxygen atoms in total. The van der Waals surface area contributed by atoms with Crippen LogP contribution in [0.5, 0.6) is 0 Å². The summed E-state index contributed by atoms with van der Waals surface area (Å²) in [4.78, 5) is 12.2. The van der Waals surface area contributed by atoms with Crippen LogP contribution in [0.25, 0.3) is 0 Å². The number of rotatable bonds is 6. The van der Waals surface area contributed by atoms with Crippen molar-refractivity contribution < 1.29 is 13.2 Å². The Balaban J connectivity index is 2.08. The number of hydrogen-bond donors (Lipinski definition) is 2. The highest BCUT2D eigenvalue weighted by atomic mass is 32.2. The average Bonchev–Trinajstić information content (AvgIpc) is 2.60. The maximum absolute atomic E-state index is 12.3. The van der Waals surface area contributed by atoms with E-state index < -0.39 is 10.0 Å². The van der Waals surface area contributed by atoms with Crippen LogP contribution in [0.4, 0.5) is 11.4 Å². The SMILES string of the molecule is Cc1ccc(NCC(=O)Nc2cccc(C#N)c2)cc1S(=O)(=O)N(C)C. The summed E-state index contributed by atoms with van der Waals surface area (Å²) in [5.74, 6) is -0.308. The molecule has 0 unspecified atom stereocenters. The molecule has 2 N–H and O–H groups in total. The van der Waals surface area contributed by atoms with Gasteiger partial charge in [0, 0.05) is 25.5 Å². The first-order valence-corrected chi connectivity index (χ1v) is 9.25. The zero-order valence-electron chi connectivity index (χ0n) is 14.8. The van der Waals surface area contributed by atoms with Gasteiger partial charge in [-0.3, -0.25) is 4.79 Å². The van der Waals surface area contributed by atoms with Crippen molar-refractivity contribution in [2.24, 2.45) is 0 Å². The van der Waals surface area contributed by atoms with Gasteiger partial charge in [-0.25, -0.2) is 12.7 Å². The monoisotopic (exact) mass is 372 g/mol. The molecular formula is C18H20N4O3S. The molecule has 2 aromatic rings. The molecule has 0 spiro atoms. The molecule has 136 valence electrons. The predicted octanol–water partition coefficient (Wildman–Crippen LogP) is 2.17. The Kier molecular flexibility index (Phi) is 5.97. The van der Waals surface area contributed by atoms with Gasteiger partial charge in [-0.15, -0.1) is 0 Å². The molecule has 0 atom stereocenters. The number of sulfonamides is 1. The Morgan fingerprint density at radius 2 is 1.88 bits per heavy atom. The van der Waals surface area contributed by atoms with Crippen molar-refractivity contribution in [1.29, 1.82) is 5.26 Å². The lowest BCUT2D eigenvalue weighted by Crippen LogP contribution is -2.24. The molecule has 8 heteroatoms. The van der Waals surface area contributed by atoms with Crippen LogP contribution in [-0.4, -0.2) is 39.3 Å². The van der Waals surface area contributed by atoms with E-state index in [0.29, 0.717) is 22.5 Å². The maximum atomic E-state index is 12.3. The summed E-state index contributed by atoms with van der Waals surface area (Å²) in [6, 6.07) is 13.5. The van der Waals surface area contributed by atoms with Gasteiger partial charge in [0.2, 0.25) is 15.9 Å². The zero-order chi connectivity index (χ0) is 19.3. The Labute approximate surface area is 153 Å². The number of amides is 1. The van der Waals surface area contributed by atoms with E-state index in [4.69, 9.17) is 5.26 Å². The summed E-state index contributed by atoms with van der Waals surface area (Å²) in [5, 5.41) is 14.5. The van der Waals surface area contributed by atoms with Crippen LogP contribution < -0.4 is 10.6 Å². The molecular weight excluding hydrogens is 352 g/mol. The van der Waals surface area contributed by atoms with Crippen molar-refractivity contribution in [3.05, 3.63) is 53.6 Å². The van der Waals surface area contributed by atoms with E-state index in [2.05, 4.69) is 10.6 Å². The van der Waals surface area contributed by atoms with E-state index in [1.807, 2.05) is 6.07 Å². The molecule has 0 saturated heterocycles. The van der Waals surface area contributed by atoms with Crippen molar-refractivity contribution >= 4 is 27.3 Å². The molecule has 0 aliphatic heterocycles. The van der Waals surface area contributed by atoms with Gasteiger partial charge in [0.25, 0.3) is 0 Å². The average molecular weight is 372 g/mol. The molecule has 0 bridgehead atoms. The van der Waals surface area contributed by atoms with Crippen molar-refractivity contribution in [2.45, 2.75) is 11.8 Å². The van der Waals surface area contributed by atoms with E-state index in [-0.39, 0.29) is 17.3 Å². The molecule has 0 aliphatic rings. The molecule has 0 aliphatic carbocycles. The number of aryl methyl sites for hydroxylation is 1. The van der Waals surface area contributed by atoms with Crippen LogP contribution in [0.3, 0.4) is 0 Å². The van der Waals surface area contributed by atoms with E-state index in [9.17, 15) is 13.2 Å². The zero-order valence-corrected chi connectivity index (χ0v) is 15.6. The lowest BCUT2D eigenvalue weighted by Gasteiger charge is -2.15. The highest BCUT2D eigenvalue weighted by Crippen LogP contribution is 2.22. The minimum Gasteiger partial charge on any atom is -0.376 e. The van der Waals surface area contributed by atoms with E-state index in [0.717, 1.165) is 4.31 Å². The fourth-order valence-corrected chi connectivity index (χ4v) is 3.38. The van der Waals surface area contributed by atoms with E-state index in [1.165, 1.54) is 20.2 Å². The molecule has 0 radical (unpaired) electrons. The van der Waals surface area contributed by atoms with E-state index in [1.54, 1.807) is 43.3 Å². The second kappa shape index (κ2) is 7.99. The van der Waals surface area contributed by atoms with Crippen molar-refractivity contribution in [1.82, 2.24) is 4.31 Å². The molecule has 0 aromatic heterocycles. The standard InChI is InChI=1S/C18H20N4O3S/c1-13-7-8-15(10-17(13)26(24,25)22(2)3)20-12-18(23)21-16-6-4-5-14(9-16)11-19/h4-10,20H,12H2,1-3H3,(H,21,23). The minimum absolute atomic E-state index is 0.0404. The highest BCUT2D eigenvalue weighted by molar-refractivity contribution is 7.89. The Hall–Kier alpha value is -2.89. The Morgan fingerprint density at radius 1 is 1.15 bits per heavy atom. The molecule has 0 saturated carbocycles. The second-order valence-corrected chi connectivity index (χ2v) is 7.98. The van der Waals surface area contributed by atoms with Crippen molar-refractivity contribution in [3.8, 4) is 6.07 Å². The van der Waals surface area contributed by atoms with Gasteiger partial charge >= 0.3 is 0 Å². The van der Waals surface area contributed by atoms with Gasteiger partial charge in [0.05, 0.1) is 23.1 Å². The lowest BCUT2D eigenvalue weighted by atomic mass is 10.2. The normalized spacial score (nSPS) is 11.0. The van der Waals surface area contributed by atoms with E-state index >= 15 is 0 Å². The highest BCUT2D eigenvalue weighted by Gasteiger charge is 2.20. The summed E-state index contributed by atoms with van der Waals surface area (Å²) in [6.45, 7) is 1.68. The topological polar surface area (TPSA) is 102 Å². The molecule has 0 heterocycles. The summed E-state index contributed by atoms with van der Waals surface area (Å²) in [6.07, 6.45) is 0. The van der Waals surface area contributed by atoms with Crippen LogP contribution in [0.15, 0.2) is 47.4 Å². The summed E-state index contributed by atoms with van der Waals surface area (Å²) < 4.78 is 25.8.